The van der Waals surface area contributed by atoms with Crippen LogP contribution in [0, 0.1) is 11.3 Å². The number of esters is 2. The Morgan fingerprint density at radius 3 is 1.62 bits per heavy atom. The van der Waals surface area contributed by atoms with Gasteiger partial charge in [0.05, 0.1) is 25.1 Å². The molecule has 0 aromatic heterocycles. The van der Waals surface area contributed by atoms with Gasteiger partial charge in [0, 0.05) is 16.8 Å². The fourth-order valence-electron chi connectivity index (χ4n) is 6.59. The van der Waals surface area contributed by atoms with Crippen molar-refractivity contribution in [2.45, 2.75) is 84.7 Å². The number of anilines is 2. The van der Waals surface area contributed by atoms with E-state index in [9.17, 15) is 9.59 Å². The highest BCUT2D eigenvalue weighted by molar-refractivity contribution is 6.85. The smallest absolute Gasteiger partial charge is 0.339 e. The van der Waals surface area contributed by atoms with Crippen molar-refractivity contribution in [1.82, 2.24) is 0 Å². The SMILES string of the molecule is CC(C)(C)OC(=O)C1=C(C(=O)OC(C)(C)C)C2(CC2)C(C(=O)N(c2ccccc2)c2ccccc2)C=C1[Si](C)(C)Cc1ccccc1. The number of carbonyl (C=O) groups excluding carboxylic acids is 3. The predicted octanol–water partition coefficient (Wildman–Crippen LogP) is 8.70. The van der Waals surface area contributed by atoms with Gasteiger partial charge in [0.1, 0.15) is 11.2 Å². The van der Waals surface area contributed by atoms with Crippen LogP contribution in [0.4, 0.5) is 11.4 Å². The lowest BCUT2D eigenvalue weighted by Crippen LogP contribution is -2.46. The average Bonchev–Trinajstić information content (AvgIpc) is 3.76. The number of amides is 1. The normalized spacial score (nSPS) is 17.5. The summed E-state index contributed by atoms with van der Waals surface area (Å²) in [6.07, 6.45) is 3.18. The lowest BCUT2D eigenvalue weighted by atomic mass is 9.74. The van der Waals surface area contributed by atoms with Crippen LogP contribution in [0.2, 0.25) is 13.1 Å². The zero-order valence-electron chi connectivity index (χ0n) is 28.9. The fourth-order valence-corrected chi connectivity index (χ4v) is 9.56. The molecule has 1 unspecified atom stereocenters. The maximum absolute atomic E-state index is 15.2. The third kappa shape index (κ3) is 7.51. The zero-order chi connectivity index (χ0) is 34.2. The Balaban J connectivity index is 1.76. The molecule has 5 rings (SSSR count). The van der Waals surface area contributed by atoms with Crippen LogP contribution in [-0.2, 0) is 29.9 Å². The van der Waals surface area contributed by atoms with Crippen molar-refractivity contribution in [2.75, 3.05) is 4.90 Å². The van der Waals surface area contributed by atoms with Crippen LogP contribution in [0.5, 0.6) is 0 Å². The Bertz CT molecular complexity index is 1650. The van der Waals surface area contributed by atoms with E-state index in [0.29, 0.717) is 18.9 Å². The first-order valence-electron chi connectivity index (χ1n) is 16.4. The van der Waals surface area contributed by atoms with Crippen LogP contribution in [0.3, 0.4) is 0 Å². The summed E-state index contributed by atoms with van der Waals surface area (Å²) in [7, 11) is -2.58. The highest BCUT2D eigenvalue weighted by atomic mass is 28.3. The number of hydrogen-bond donors (Lipinski definition) is 0. The maximum atomic E-state index is 15.2. The summed E-state index contributed by atoms with van der Waals surface area (Å²) < 4.78 is 12.1. The van der Waals surface area contributed by atoms with Gasteiger partial charge in [-0.25, -0.2) is 9.59 Å². The molecule has 0 heterocycles. The molecule has 6 nitrogen and oxygen atoms in total. The second kappa shape index (κ2) is 12.8. The summed E-state index contributed by atoms with van der Waals surface area (Å²) in [6.45, 7) is 15.3. The molecule has 246 valence electrons. The van der Waals surface area contributed by atoms with Crippen molar-refractivity contribution in [3.63, 3.8) is 0 Å². The Hall–Kier alpha value is -4.23. The quantitative estimate of drug-likeness (QED) is 0.180. The molecular formula is C40H47NO5Si. The van der Waals surface area contributed by atoms with Gasteiger partial charge in [0.15, 0.2) is 0 Å². The summed E-state index contributed by atoms with van der Waals surface area (Å²) in [5, 5.41) is 0.758. The van der Waals surface area contributed by atoms with E-state index in [0.717, 1.165) is 22.1 Å². The van der Waals surface area contributed by atoms with Gasteiger partial charge in [-0.3, -0.25) is 9.69 Å². The molecule has 2 aliphatic carbocycles. The van der Waals surface area contributed by atoms with Crippen molar-refractivity contribution < 1.29 is 23.9 Å². The Labute approximate surface area is 280 Å². The maximum Gasteiger partial charge on any atom is 0.339 e. The minimum atomic E-state index is -2.58. The Morgan fingerprint density at radius 1 is 0.723 bits per heavy atom. The predicted molar refractivity (Wildman–Crippen MR) is 190 cm³/mol. The van der Waals surface area contributed by atoms with E-state index in [1.54, 1.807) is 4.90 Å². The van der Waals surface area contributed by atoms with E-state index in [4.69, 9.17) is 9.47 Å². The van der Waals surface area contributed by atoms with Crippen molar-refractivity contribution in [2.24, 2.45) is 11.3 Å². The van der Waals surface area contributed by atoms with Gasteiger partial charge in [0.25, 0.3) is 0 Å². The summed E-state index contributed by atoms with van der Waals surface area (Å²) in [5.41, 5.74) is 0.677. The molecule has 1 amide bonds. The molecule has 0 radical (unpaired) electrons. The van der Waals surface area contributed by atoms with Crippen molar-refractivity contribution in [3.05, 3.63) is 119 Å². The number of nitrogens with zero attached hydrogens (tertiary/aromatic N) is 1. The van der Waals surface area contributed by atoms with Crippen molar-refractivity contribution >= 4 is 37.3 Å². The second-order valence-electron chi connectivity index (χ2n) is 15.4. The monoisotopic (exact) mass is 649 g/mol. The summed E-state index contributed by atoms with van der Waals surface area (Å²) in [6, 6.07) is 30.1. The lowest BCUT2D eigenvalue weighted by Gasteiger charge is -2.40. The van der Waals surface area contributed by atoms with Crippen LogP contribution in [0.25, 0.3) is 0 Å². The summed E-state index contributed by atoms with van der Waals surface area (Å²) in [5.74, 6) is -1.95. The minimum absolute atomic E-state index is 0.147. The zero-order valence-corrected chi connectivity index (χ0v) is 29.9. The summed E-state index contributed by atoms with van der Waals surface area (Å²) in [4.78, 5) is 45.7. The first-order chi connectivity index (χ1) is 22.0. The van der Waals surface area contributed by atoms with Crippen LogP contribution >= 0.6 is 0 Å². The van der Waals surface area contributed by atoms with Gasteiger partial charge < -0.3 is 9.47 Å². The van der Waals surface area contributed by atoms with Gasteiger partial charge in [0.2, 0.25) is 5.91 Å². The van der Waals surface area contributed by atoms with Gasteiger partial charge in [-0.15, -0.1) is 0 Å². The molecule has 3 aromatic carbocycles. The van der Waals surface area contributed by atoms with E-state index in [2.05, 4.69) is 25.2 Å². The van der Waals surface area contributed by atoms with Gasteiger partial charge in [-0.1, -0.05) is 91.5 Å². The number of ether oxygens (including phenoxy) is 2. The molecule has 0 N–H and O–H groups in total. The van der Waals surface area contributed by atoms with Gasteiger partial charge >= 0.3 is 11.9 Å². The molecule has 47 heavy (non-hydrogen) atoms. The average molecular weight is 650 g/mol. The molecule has 1 saturated carbocycles. The highest BCUT2D eigenvalue weighted by Gasteiger charge is 2.62. The molecule has 0 aliphatic heterocycles. The fraction of sp³-hybridized carbons (Fsp3) is 0.375. The second-order valence-corrected chi connectivity index (χ2v) is 20.0. The van der Waals surface area contributed by atoms with Crippen LogP contribution in [0.1, 0.15) is 59.9 Å². The van der Waals surface area contributed by atoms with E-state index in [1.165, 1.54) is 0 Å². The number of hydrogen-bond acceptors (Lipinski definition) is 5. The van der Waals surface area contributed by atoms with E-state index in [-0.39, 0.29) is 17.1 Å². The molecule has 3 aromatic rings. The number of rotatable bonds is 8. The standard InChI is InChI=1S/C40H47NO5Si/c1-38(2,3)45-36(43)33-32(47(7,8)27-28-18-12-9-13-19-28)26-31(40(24-25-40)34(33)37(44)46-39(4,5)6)35(42)41(29-20-14-10-15-21-29)30-22-16-11-17-23-30/h9-23,26,31H,24-25,27H2,1-8H3. The molecule has 2 aliphatic rings. The molecule has 0 bridgehead atoms. The van der Waals surface area contributed by atoms with Crippen LogP contribution in [-0.4, -0.2) is 37.1 Å². The topological polar surface area (TPSA) is 72.9 Å². The molecule has 1 spiro atoms. The molecule has 0 saturated heterocycles. The van der Waals surface area contributed by atoms with Crippen LogP contribution < -0.4 is 4.90 Å². The lowest BCUT2D eigenvalue weighted by molar-refractivity contribution is -0.154. The van der Waals surface area contributed by atoms with Crippen molar-refractivity contribution in [1.29, 1.82) is 0 Å². The Kier molecular flexibility index (Phi) is 9.26. The van der Waals surface area contributed by atoms with Gasteiger partial charge in [-0.05, 0) is 89.9 Å². The number of carbonyl (C=O) groups is 3. The number of para-hydroxylation sites is 2. The molecule has 1 fully saturated rings. The highest BCUT2D eigenvalue weighted by Crippen LogP contribution is 2.63. The van der Waals surface area contributed by atoms with E-state index >= 15 is 4.79 Å². The minimum Gasteiger partial charge on any atom is -0.457 e. The third-order valence-electron chi connectivity index (χ3n) is 8.67. The van der Waals surface area contributed by atoms with E-state index in [1.807, 2.05) is 126 Å². The molecular weight excluding hydrogens is 603 g/mol. The van der Waals surface area contributed by atoms with Crippen LogP contribution in [0.15, 0.2) is 113 Å². The van der Waals surface area contributed by atoms with E-state index < -0.39 is 42.5 Å². The first kappa shape index (κ1) is 34.1. The number of benzene rings is 3. The molecule has 1 atom stereocenters. The van der Waals surface area contributed by atoms with Gasteiger partial charge in [-0.2, -0.15) is 0 Å². The summed E-state index contributed by atoms with van der Waals surface area (Å²) >= 11 is 0. The Morgan fingerprint density at radius 2 is 1.17 bits per heavy atom. The third-order valence-corrected chi connectivity index (χ3v) is 11.8. The first-order valence-corrected chi connectivity index (χ1v) is 19.7. The largest absolute Gasteiger partial charge is 0.457 e. The van der Waals surface area contributed by atoms with Crippen molar-refractivity contribution in [3.8, 4) is 0 Å². The molecule has 7 heteroatoms.